The number of Topliss-reactive ketones (excluding diaryl/α,β-unsaturated/α-hetero) is 1. The van der Waals surface area contributed by atoms with Crippen molar-refractivity contribution in [3.63, 3.8) is 0 Å². The summed E-state index contributed by atoms with van der Waals surface area (Å²) >= 11 is 0. The summed E-state index contributed by atoms with van der Waals surface area (Å²) in [7, 11) is 0. The zero-order valence-electron chi connectivity index (χ0n) is 12.0. The molecule has 0 radical (unpaired) electrons. The molecule has 3 rings (SSSR count). The molecule has 1 heteroatoms. The molecule has 1 nitrogen and oxygen atoms in total. The number of hydrogen-bond acceptors (Lipinski definition) is 1. The summed E-state index contributed by atoms with van der Waals surface area (Å²) in [5.74, 6) is 7.32. The lowest BCUT2D eigenvalue weighted by Crippen LogP contribution is -2.12. The normalized spacial score (nSPS) is 15.3. The van der Waals surface area contributed by atoms with Gasteiger partial charge in [-0.15, -0.1) is 0 Å². The van der Waals surface area contributed by atoms with Gasteiger partial charge in [0.1, 0.15) is 5.78 Å². The van der Waals surface area contributed by atoms with Crippen LogP contribution < -0.4 is 0 Å². The Labute approximate surface area is 126 Å². The van der Waals surface area contributed by atoms with E-state index in [4.69, 9.17) is 0 Å². The third-order valence-corrected chi connectivity index (χ3v) is 4.05. The van der Waals surface area contributed by atoms with E-state index in [1.54, 1.807) is 0 Å². The predicted octanol–water partition coefficient (Wildman–Crippen LogP) is 4.31. The van der Waals surface area contributed by atoms with Crippen molar-refractivity contribution in [2.24, 2.45) is 0 Å². The summed E-state index contributed by atoms with van der Waals surface area (Å²) in [6.07, 6.45) is 3.46. The Morgan fingerprint density at radius 1 is 0.762 bits per heavy atom. The number of carbonyl (C=O) groups excluding carboxylic acids is 1. The van der Waals surface area contributed by atoms with E-state index < -0.39 is 0 Å². The minimum absolute atomic E-state index is 0.414. The quantitative estimate of drug-likeness (QED) is 0.708. The van der Waals surface area contributed by atoms with E-state index in [9.17, 15) is 4.79 Å². The summed E-state index contributed by atoms with van der Waals surface area (Å²) in [5.41, 5.74) is 3.41. The van der Waals surface area contributed by atoms with E-state index >= 15 is 0 Å². The van der Waals surface area contributed by atoms with Crippen LogP contribution >= 0.6 is 0 Å². The molecule has 0 spiro atoms. The highest BCUT2D eigenvalue weighted by molar-refractivity contribution is 5.79. The molecule has 2 aromatic rings. The largest absolute Gasteiger partial charge is 0.300 e. The van der Waals surface area contributed by atoms with Gasteiger partial charge in [0.15, 0.2) is 0 Å². The summed E-state index contributed by atoms with van der Waals surface area (Å²) < 4.78 is 0. The van der Waals surface area contributed by atoms with Crippen LogP contribution in [-0.2, 0) is 4.79 Å². The average Bonchev–Trinajstić information content (AvgIpc) is 2.55. The minimum atomic E-state index is 0.414. The third-order valence-electron chi connectivity index (χ3n) is 4.05. The van der Waals surface area contributed by atoms with Gasteiger partial charge in [-0.3, -0.25) is 4.79 Å². The Balaban J connectivity index is 1.70. The number of hydrogen-bond donors (Lipinski definition) is 0. The van der Waals surface area contributed by atoms with Gasteiger partial charge in [-0.1, -0.05) is 42.2 Å². The first-order chi connectivity index (χ1) is 10.3. The number of carbonyl (C=O) groups is 1. The Morgan fingerprint density at radius 3 is 1.95 bits per heavy atom. The molecule has 0 bridgehead atoms. The first kappa shape index (κ1) is 13.6. The molecular weight excluding hydrogens is 256 g/mol. The maximum atomic E-state index is 11.3. The maximum absolute atomic E-state index is 11.3. The Morgan fingerprint density at radius 2 is 1.33 bits per heavy atom. The van der Waals surface area contributed by atoms with Crippen LogP contribution in [0.3, 0.4) is 0 Å². The molecule has 0 unspecified atom stereocenters. The van der Waals surface area contributed by atoms with E-state index in [-0.39, 0.29) is 0 Å². The Bertz CT molecular complexity index is 661. The van der Waals surface area contributed by atoms with Crippen LogP contribution in [0.15, 0.2) is 54.6 Å². The molecule has 0 atom stereocenters. The second-order valence-electron chi connectivity index (χ2n) is 5.55. The van der Waals surface area contributed by atoms with Crippen molar-refractivity contribution in [1.82, 2.24) is 0 Å². The molecule has 1 fully saturated rings. The minimum Gasteiger partial charge on any atom is -0.300 e. The van der Waals surface area contributed by atoms with Gasteiger partial charge in [-0.25, -0.2) is 0 Å². The molecule has 104 valence electrons. The van der Waals surface area contributed by atoms with E-state index in [2.05, 4.69) is 36.1 Å². The summed E-state index contributed by atoms with van der Waals surface area (Å²) in [4.78, 5) is 11.3. The van der Waals surface area contributed by atoms with Crippen molar-refractivity contribution in [2.75, 3.05) is 0 Å². The van der Waals surface area contributed by atoms with Crippen molar-refractivity contribution in [3.05, 3.63) is 71.3 Å². The standard InChI is InChI=1S/C20H18O/c21-20-14-12-19(13-15-20)18-10-8-17(9-11-18)7-6-16-4-2-1-3-5-16/h1-5,8-11,19H,12-15H2. The first-order valence-corrected chi connectivity index (χ1v) is 7.50. The first-order valence-electron chi connectivity index (χ1n) is 7.50. The SMILES string of the molecule is O=C1CCC(c2ccc(C#Cc3ccccc3)cc2)CC1. The molecule has 0 amide bonds. The lowest BCUT2D eigenvalue weighted by atomic mass is 9.83. The smallest absolute Gasteiger partial charge is 0.132 e. The van der Waals surface area contributed by atoms with Gasteiger partial charge in [-0.2, -0.15) is 0 Å². The van der Waals surface area contributed by atoms with Crippen molar-refractivity contribution in [3.8, 4) is 11.8 Å². The molecule has 1 saturated carbocycles. The average molecular weight is 274 g/mol. The summed E-state index contributed by atoms with van der Waals surface area (Å²) in [6.45, 7) is 0. The van der Waals surface area contributed by atoms with Crippen LogP contribution in [-0.4, -0.2) is 5.78 Å². The highest BCUT2D eigenvalue weighted by atomic mass is 16.1. The monoisotopic (exact) mass is 274 g/mol. The van der Waals surface area contributed by atoms with Crippen molar-refractivity contribution < 1.29 is 4.79 Å². The van der Waals surface area contributed by atoms with E-state index in [0.29, 0.717) is 11.7 Å². The van der Waals surface area contributed by atoms with Crippen molar-refractivity contribution >= 4 is 5.78 Å². The van der Waals surface area contributed by atoms with Gasteiger partial charge in [0.05, 0.1) is 0 Å². The van der Waals surface area contributed by atoms with Gasteiger partial charge in [0.2, 0.25) is 0 Å². The molecule has 21 heavy (non-hydrogen) atoms. The molecule has 0 heterocycles. The van der Waals surface area contributed by atoms with Crippen LogP contribution in [0.5, 0.6) is 0 Å². The van der Waals surface area contributed by atoms with Crippen LogP contribution in [0.2, 0.25) is 0 Å². The molecule has 0 saturated heterocycles. The lowest BCUT2D eigenvalue weighted by molar-refractivity contribution is -0.120. The van der Waals surface area contributed by atoms with E-state index in [1.807, 2.05) is 30.3 Å². The highest BCUT2D eigenvalue weighted by Crippen LogP contribution is 2.31. The zero-order valence-corrected chi connectivity index (χ0v) is 12.0. The van der Waals surface area contributed by atoms with Gasteiger partial charge < -0.3 is 0 Å². The Kier molecular flexibility index (Phi) is 4.17. The zero-order chi connectivity index (χ0) is 14.5. The second-order valence-corrected chi connectivity index (χ2v) is 5.55. The van der Waals surface area contributed by atoms with Gasteiger partial charge in [0, 0.05) is 24.0 Å². The van der Waals surface area contributed by atoms with Crippen LogP contribution in [0.1, 0.15) is 48.3 Å². The summed E-state index contributed by atoms with van der Waals surface area (Å²) in [5, 5.41) is 0. The molecular formula is C20H18O. The van der Waals surface area contributed by atoms with Crippen LogP contribution in [0.4, 0.5) is 0 Å². The molecule has 1 aliphatic carbocycles. The molecule has 0 aliphatic heterocycles. The van der Waals surface area contributed by atoms with Gasteiger partial charge >= 0.3 is 0 Å². The molecule has 0 N–H and O–H groups in total. The van der Waals surface area contributed by atoms with Gasteiger partial charge in [-0.05, 0) is 48.6 Å². The van der Waals surface area contributed by atoms with E-state index in [1.165, 1.54) is 5.56 Å². The van der Waals surface area contributed by atoms with Crippen molar-refractivity contribution in [1.29, 1.82) is 0 Å². The fraction of sp³-hybridized carbons (Fsp3) is 0.250. The van der Waals surface area contributed by atoms with Gasteiger partial charge in [0.25, 0.3) is 0 Å². The highest BCUT2D eigenvalue weighted by Gasteiger charge is 2.19. The van der Waals surface area contributed by atoms with E-state index in [0.717, 1.165) is 36.8 Å². The molecule has 0 aromatic heterocycles. The van der Waals surface area contributed by atoms with Crippen LogP contribution in [0.25, 0.3) is 0 Å². The topological polar surface area (TPSA) is 17.1 Å². The molecule has 2 aromatic carbocycles. The number of benzene rings is 2. The molecule has 1 aliphatic rings. The fourth-order valence-electron chi connectivity index (χ4n) is 2.78. The predicted molar refractivity (Wildman–Crippen MR) is 85.1 cm³/mol. The Hall–Kier alpha value is -2.33. The summed E-state index contributed by atoms with van der Waals surface area (Å²) in [6, 6.07) is 18.5. The number of ketones is 1. The third kappa shape index (κ3) is 3.61. The van der Waals surface area contributed by atoms with Crippen molar-refractivity contribution in [2.45, 2.75) is 31.6 Å². The lowest BCUT2D eigenvalue weighted by Gasteiger charge is -2.21. The van der Waals surface area contributed by atoms with Crippen LogP contribution in [0, 0.1) is 11.8 Å². The fourth-order valence-corrected chi connectivity index (χ4v) is 2.78. The second kappa shape index (κ2) is 6.41. The maximum Gasteiger partial charge on any atom is 0.132 e. The number of rotatable bonds is 1.